The molecule has 0 unspecified atom stereocenters. The molecule has 4 nitrogen and oxygen atoms in total. The summed E-state index contributed by atoms with van der Waals surface area (Å²) in [6.07, 6.45) is 2.28. The van der Waals surface area contributed by atoms with Crippen molar-refractivity contribution in [1.82, 2.24) is 4.98 Å². The summed E-state index contributed by atoms with van der Waals surface area (Å²) < 4.78 is 12.9. The molecular weight excluding hydrogens is 205 g/mol. The molecule has 0 atom stereocenters. The Morgan fingerprint density at radius 2 is 2.43 bits per heavy atom. The molecule has 0 saturated heterocycles. The van der Waals surface area contributed by atoms with Gasteiger partial charge < -0.3 is 11.1 Å². The Kier molecular flexibility index (Phi) is 3.47. The van der Waals surface area contributed by atoms with Crippen LogP contribution in [0, 0.1) is 5.82 Å². The summed E-state index contributed by atoms with van der Waals surface area (Å²) in [5.74, 6) is -1.04. The maximum Gasteiger partial charge on any atom is 0.231 e. The molecule has 1 amide bonds. The second-order valence-corrected chi connectivity index (χ2v) is 3.07. The Morgan fingerprint density at radius 1 is 1.71 bits per heavy atom. The molecule has 0 aliphatic carbocycles. The zero-order chi connectivity index (χ0) is 10.6. The number of nitrogens with one attached hydrogen (secondary N) is 1. The van der Waals surface area contributed by atoms with Crippen LogP contribution in [0.4, 0.5) is 10.1 Å². The highest BCUT2D eigenvalue weighted by Gasteiger charge is 2.06. The molecule has 1 aromatic rings. The Labute approximate surface area is 85.3 Å². The van der Waals surface area contributed by atoms with Crippen molar-refractivity contribution in [2.24, 2.45) is 5.73 Å². The highest BCUT2D eigenvalue weighted by Crippen LogP contribution is 2.10. The third-order valence-corrected chi connectivity index (χ3v) is 1.53. The van der Waals surface area contributed by atoms with Gasteiger partial charge in [-0.15, -0.1) is 0 Å². The maximum absolute atomic E-state index is 12.9. The van der Waals surface area contributed by atoms with E-state index in [-0.39, 0.29) is 17.1 Å². The van der Waals surface area contributed by atoms with Crippen LogP contribution in [0.3, 0.4) is 0 Å². The summed E-state index contributed by atoms with van der Waals surface area (Å²) in [5, 5.41) is 2.32. The number of halogens is 1. The molecule has 0 fully saturated rings. The number of aromatic nitrogens is 1. The second kappa shape index (κ2) is 4.61. The molecule has 0 spiro atoms. The van der Waals surface area contributed by atoms with Gasteiger partial charge in [-0.05, 0) is 6.07 Å². The van der Waals surface area contributed by atoms with E-state index in [0.29, 0.717) is 0 Å². The SMILES string of the molecule is NC(=S)CC(=O)Nc1ccncc1F. The van der Waals surface area contributed by atoms with E-state index < -0.39 is 11.7 Å². The minimum atomic E-state index is -0.594. The number of hydrogen-bond acceptors (Lipinski definition) is 3. The summed E-state index contributed by atoms with van der Waals surface area (Å²) in [4.78, 5) is 14.7. The van der Waals surface area contributed by atoms with Crippen LogP contribution >= 0.6 is 12.2 Å². The van der Waals surface area contributed by atoms with Crippen molar-refractivity contribution < 1.29 is 9.18 Å². The number of rotatable bonds is 3. The number of nitrogens with zero attached hydrogens (tertiary/aromatic N) is 1. The number of pyridine rings is 1. The number of carbonyl (C=O) groups is 1. The molecule has 0 aliphatic rings. The Balaban J connectivity index is 2.65. The number of carbonyl (C=O) groups excluding carboxylic acids is 1. The summed E-state index contributed by atoms with van der Waals surface area (Å²) in [6, 6.07) is 1.35. The number of nitrogens with two attached hydrogens (primary N) is 1. The predicted molar refractivity (Wildman–Crippen MR) is 54.2 cm³/mol. The van der Waals surface area contributed by atoms with E-state index >= 15 is 0 Å². The standard InChI is InChI=1S/C8H8FN3OS/c9-5-4-11-2-1-6(5)12-8(13)3-7(10)14/h1-2,4H,3H2,(H2,10,14)(H,11,12,13). The maximum atomic E-state index is 12.9. The van der Waals surface area contributed by atoms with E-state index in [1.54, 1.807) is 0 Å². The van der Waals surface area contributed by atoms with Crippen molar-refractivity contribution in [2.45, 2.75) is 6.42 Å². The average Bonchev–Trinajstić information content (AvgIpc) is 2.07. The number of amides is 1. The van der Waals surface area contributed by atoms with Gasteiger partial charge in [-0.2, -0.15) is 0 Å². The van der Waals surface area contributed by atoms with E-state index in [1.165, 1.54) is 12.3 Å². The molecule has 0 saturated carbocycles. The molecule has 0 aliphatic heterocycles. The summed E-state index contributed by atoms with van der Waals surface area (Å²) in [7, 11) is 0. The van der Waals surface area contributed by atoms with Crippen molar-refractivity contribution >= 4 is 28.8 Å². The highest BCUT2D eigenvalue weighted by atomic mass is 32.1. The van der Waals surface area contributed by atoms with Crippen LogP contribution in [0.1, 0.15) is 6.42 Å². The zero-order valence-corrected chi connectivity index (χ0v) is 7.97. The van der Waals surface area contributed by atoms with Gasteiger partial charge in [-0.3, -0.25) is 9.78 Å². The van der Waals surface area contributed by atoms with Crippen molar-refractivity contribution in [1.29, 1.82) is 0 Å². The molecule has 3 N–H and O–H groups in total. The summed E-state index contributed by atoms with van der Waals surface area (Å²) >= 11 is 4.53. The van der Waals surface area contributed by atoms with Crippen molar-refractivity contribution in [3.05, 3.63) is 24.3 Å². The average molecular weight is 213 g/mol. The van der Waals surface area contributed by atoms with Crippen LogP contribution in [-0.4, -0.2) is 15.9 Å². The number of thiocarbonyl (C=S) groups is 1. The molecule has 6 heteroatoms. The topological polar surface area (TPSA) is 68.0 Å². The van der Waals surface area contributed by atoms with E-state index in [1.807, 2.05) is 0 Å². The van der Waals surface area contributed by atoms with E-state index in [4.69, 9.17) is 5.73 Å². The molecule has 1 heterocycles. The minimum absolute atomic E-state index is 0.0666. The first-order valence-corrected chi connectivity index (χ1v) is 4.18. The van der Waals surface area contributed by atoms with Crippen LogP contribution in [0.25, 0.3) is 0 Å². The van der Waals surface area contributed by atoms with Crippen LogP contribution < -0.4 is 11.1 Å². The molecule has 14 heavy (non-hydrogen) atoms. The van der Waals surface area contributed by atoms with E-state index in [2.05, 4.69) is 22.5 Å². The lowest BCUT2D eigenvalue weighted by Crippen LogP contribution is -2.20. The fourth-order valence-corrected chi connectivity index (χ4v) is 0.960. The lowest BCUT2D eigenvalue weighted by molar-refractivity contribution is -0.115. The number of hydrogen-bond donors (Lipinski definition) is 2. The largest absolute Gasteiger partial charge is 0.393 e. The van der Waals surface area contributed by atoms with Crippen LogP contribution in [0.5, 0.6) is 0 Å². The highest BCUT2D eigenvalue weighted by molar-refractivity contribution is 7.80. The van der Waals surface area contributed by atoms with Crippen LogP contribution in [0.15, 0.2) is 18.5 Å². The van der Waals surface area contributed by atoms with Gasteiger partial charge in [-0.25, -0.2) is 4.39 Å². The normalized spacial score (nSPS) is 9.50. The van der Waals surface area contributed by atoms with Gasteiger partial charge in [0.2, 0.25) is 5.91 Å². The minimum Gasteiger partial charge on any atom is -0.393 e. The molecule has 0 aromatic carbocycles. The van der Waals surface area contributed by atoms with Gasteiger partial charge in [0, 0.05) is 6.20 Å². The second-order valence-electron chi connectivity index (χ2n) is 2.55. The summed E-state index contributed by atoms with van der Waals surface area (Å²) in [5.41, 5.74) is 5.22. The zero-order valence-electron chi connectivity index (χ0n) is 7.16. The Hall–Kier alpha value is -1.56. The monoisotopic (exact) mass is 213 g/mol. The van der Waals surface area contributed by atoms with Crippen LogP contribution in [0.2, 0.25) is 0 Å². The molecular formula is C8H8FN3OS. The molecule has 0 radical (unpaired) electrons. The Morgan fingerprint density at radius 3 is 3.00 bits per heavy atom. The van der Waals surface area contributed by atoms with Gasteiger partial charge in [0.05, 0.1) is 23.3 Å². The quantitative estimate of drug-likeness (QED) is 0.730. The van der Waals surface area contributed by atoms with E-state index in [9.17, 15) is 9.18 Å². The van der Waals surface area contributed by atoms with Crippen molar-refractivity contribution in [3.63, 3.8) is 0 Å². The molecule has 0 bridgehead atoms. The molecule has 1 aromatic heterocycles. The predicted octanol–water partition coefficient (Wildman–Crippen LogP) is 0.835. The lowest BCUT2D eigenvalue weighted by atomic mass is 10.3. The van der Waals surface area contributed by atoms with Crippen molar-refractivity contribution in [2.75, 3.05) is 5.32 Å². The number of anilines is 1. The fraction of sp³-hybridized carbons (Fsp3) is 0.125. The van der Waals surface area contributed by atoms with Gasteiger partial charge in [0.1, 0.15) is 0 Å². The molecule has 74 valence electrons. The fourth-order valence-electron chi connectivity index (χ4n) is 0.829. The third-order valence-electron chi connectivity index (χ3n) is 1.38. The van der Waals surface area contributed by atoms with Crippen molar-refractivity contribution in [3.8, 4) is 0 Å². The lowest BCUT2D eigenvalue weighted by Gasteiger charge is -2.04. The first-order valence-electron chi connectivity index (χ1n) is 3.77. The van der Waals surface area contributed by atoms with Gasteiger partial charge in [0.25, 0.3) is 0 Å². The smallest absolute Gasteiger partial charge is 0.231 e. The first kappa shape index (κ1) is 10.5. The van der Waals surface area contributed by atoms with Crippen LogP contribution in [-0.2, 0) is 4.79 Å². The summed E-state index contributed by atoms with van der Waals surface area (Å²) in [6.45, 7) is 0. The molecule has 1 rings (SSSR count). The van der Waals surface area contributed by atoms with Gasteiger partial charge >= 0.3 is 0 Å². The first-order chi connectivity index (χ1) is 6.59. The van der Waals surface area contributed by atoms with Gasteiger partial charge in [0.15, 0.2) is 5.82 Å². The Bertz CT molecular complexity index is 369. The third kappa shape index (κ3) is 3.06. The van der Waals surface area contributed by atoms with E-state index in [0.717, 1.165) is 6.20 Å². The van der Waals surface area contributed by atoms with Gasteiger partial charge in [-0.1, -0.05) is 12.2 Å².